The van der Waals surface area contributed by atoms with Crippen LogP contribution in [0.3, 0.4) is 0 Å². The predicted octanol–water partition coefficient (Wildman–Crippen LogP) is 2.74. The Balaban J connectivity index is 0.000000180. The minimum absolute atomic E-state index is 1.88. The van der Waals surface area contributed by atoms with Crippen molar-refractivity contribution in [2.45, 2.75) is 0 Å². The van der Waals surface area contributed by atoms with E-state index in [-0.39, 0.29) is 0 Å². The van der Waals surface area contributed by atoms with Crippen LogP contribution in [0.15, 0.2) is 30.3 Å². The van der Waals surface area contributed by atoms with E-state index < -0.39 is 23.6 Å². The molecule has 4 heteroatoms. The van der Waals surface area contributed by atoms with Crippen LogP contribution in [0.25, 0.3) is 0 Å². The molecule has 0 unspecified atom stereocenters. The molecule has 0 amide bonds. The molecule has 0 aliphatic heterocycles. The molecule has 0 heterocycles. The van der Waals surface area contributed by atoms with E-state index in [9.17, 15) is 7.88 Å². The first kappa shape index (κ1) is 9.89. The summed E-state index contributed by atoms with van der Waals surface area (Å²) in [7, 11) is 0. The van der Waals surface area contributed by atoms with Gasteiger partial charge in [-0.1, -0.05) is 0 Å². The molecule has 55 valence electrons. The van der Waals surface area contributed by atoms with Crippen LogP contribution in [0.1, 0.15) is 0 Å². The maximum absolute atomic E-state index is 9.86. The van der Waals surface area contributed by atoms with E-state index in [2.05, 4.69) is 6.07 Å². The Bertz CT molecular complexity index is 113. The molecule has 0 bridgehead atoms. The summed E-state index contributed by atoms with van der Waals surface area (Å²) in [6, 6.07) is 12.5. The molecule has 0 N–H and O–H groups in total. The van der Waals surface area contributed by atoms with E-state index in [4.69, 9.17) is 0 Å². The largest absolute Gasteiger partial charge is 0.184 e. The van der Waals surface area contributed by atoms with Crippen LogP contribution >= 0.6 is 0 Å². The summed E-state index contributed by atoms with van der Waals surface area (Å²) in [6.45, 7) is 0. The fourth-order valence-electron chi connectivity index (χ4n) is 0.342. The van der Waals surface area contributed by atoms with Gasteiger partial charge in [0.15, 0.2) is 0 Å². The topological polar surface area (TPSA) is 0 Å². The second kappa shape index (κ2) is 7.01. The Hall–Kier alpha value is -0.107. The standard InChI is InChI=1S/C6H5.3FH.Zr/c1-2-4-6-5-3-1;;;;/h1-5H;3*1H;/q-1;;;;+3/p-3. The van der Waals surface area contributed by atoms with Crippen LogP contribution in [0.4, 0.5) is 7.88 Å². The maximum Gasteiger partial charge on any atom is -0.171 e. The van der Waals surface area contributed by atoms with Crippen LogP contribution in [0.5, 0.6) is 0 Å². The molecule has 1 aromatic carbocycles. The average molecular weight is 225 g/mol. The van der Waals surface area contributed by atoms with E-state index in [0.29, 0.717) is 0 Å². The van der Waals surface area contributed by atoms with E-state index in [0.717, 1.165) is 0 Å². The molecule has 0 radical (unpaired) electrons. The monoisotopic (exact) mass is 224 g/mol. The van der Waals surface area contributed by atoms with Crippen LogP contribution in [0, 0.1) is 6.07 Å². The van der Waals surface area contributed by atoms with Gasteiger partial charge >= 0.3 is 31.5 Å². The number of hydrogen-bond acceptors (Lipinski definition) is 0. The van der Waals surface area contributed by atoms with Crippen molar-refractivity contribution in [3.8, 4) is 0 Å². The third kappa shape index (κ3) is 10.8. The molecule has 0 atom stereocenters. The van der Waals surface area contributed by atoms with Crippen molar-refractivity contribution in [3.05, 3.63) is 36.4 Å². The Labute approximate surface area is 68.0 Å². The van der Waals surface area contributed by atoms with Gasteiger partial charge in [0.2, 0.25) is 0 Å². The molecule has 1 rings (SSSR count). The van der Waals surface area contributed by atoms with Gasteiger partial charge < -0.3 is 0 Å². The fourth-order valence-corrected chi connectivity index (χ4v) is 0.342. The summed E-state index contributed by atoms with van der Waals surface area (Å²) in [6.07, 6.45) is 0. The molecule has 10 heavy (non-hydrogen) atoms. The van der Waals surface area contributed by atoms with Gasteiger partial charge in [0.1, 0.15) is 0 Å². The van der Waals surface area contributed by atoms with E-state index >= 15 is 0 Å². The van der Waals surface area contributed by atoms with Crippen molar-refractivity contribution in [2.75, 3.05) is 0 Å². The van der Waals surface area contributed by atoms with Gasteiger partial charge in [0.25, 0.3) is 0 Å². The van der Waals surface area contributed by atoms with Gasteiger partial charge in [-0.3, -0.25) is 0 Å². The molecule has 0 fully saturated rings. The van der Waals surface area contributed by atoms with Gasteiger partial charge in [-0.2, -0.15) is 36.4 Å². The second-order valence-corrected chi connectivity index (χ2v) is 2.35. The summed E-state index contributed by atoms with van der Waals surface area (Å²) < 4.78 is 29.6. The summed E-state index contributed by atoms with van der Waals surface area (Å²) >= 11 is -5.04. The van der Waals surface area contributed by atoms with Crippen LogP contribution in [-0.4, -0.2) is 0 Å². The zero-order valence-corrected chi connectivity index (χ0v) is 7.48. The third-order valence-corrected chi connectivity index (χ3v) is 0.607. The van der Waals surface area contributed by atoms with Crippen molar-refractivity contribution in [1.82, 2.24) is 0 Å². The zero-order chi connectivity index (χ0) is 7.82. The molecule has 0 saturated heterocycles. The van der Waals surface area contributed by atoms with Crippen LogP contribution in [-0.2, 0) is 23.6 Å². The van der Waals surface area contributed by atoms with Crippen molar-refractivity contribution in [1.29, 1.82) is 0 Å². The Kier molecular flexibility index (Phi) is 6.93. The normalized spacial score (nSPS) is 7.50. The van der Waals surface area contributed by atoms with Gasteiger partial charge in [0, 0.05) is 0 Å². The zero-order valence-electron chi connectivity index (χ0n) is 5.02. The molecule has 0 aromatic heterocycles. The number of halogens is 3. The molecule has 0 spiro atoms. The first-order chi connectivity index (χ1) is 4.73. The summed E-state index contributed by atoms with van der Waals surface area (Å²) in [5.74, 6) is 0. The van der Waals surface area contributed by atoms with Crippen LogP contribution in [0.2, 0.25) is 0 Å². The van der Waals surface area contributed by atoms with Crippen molar-refractivity contribution in [3.63, 3.8) is 0 Å². The molecule has 0 aliphatic rings. The Morgan fingerprint density at radius 2 is 1.30 bits per heavy atom. The van der Waals surface area contributed by atoms with Gasteiger partial charge in [0.05, 0.1) is 0 Å². The molecule has 0 saturated carbocycles. The number of benzene rings is 1. The molecular formula is C6H5F3Zr-. The summed E-state index contributed by atoms with van der Waals surface area (Å²) in [5.41, 5.74) is 0. The molecular weight excluding hydrogens is 220 g/mol. The third-order valence-electron chi connectivity index (χ3n) is 0.607. The smallest absolute Gasteiger partial charge is 0.171 e. The summed E-state index contributed by atoms with van der Waals surface area (Å²) in [4.78, 5) is 0. The number of rotatable bonds is 0. The first-order valence-electron chi connectivity index (χ1n) is 2.48. The Morgan fingerprint density at radius 1 is 0.900 bits per heavy atom. The maximum atomic E-state index is 9.86. The van der Waals surface area contributed by atoms with Gasteiger partial charge in [-0.25, -0.2) is 0 Å². The molecule has 0 nitrogen and oxygen atoms in total. The van der Waals surface area contributed by atoms with Crippen LogP contribution < -0.4 is 0 Å². The van der Waals surface area contributed by atoms with Crippen molar-refractivity contribution < 1.29 is 31.5 Å². The van der Waals surface area contributed by atoms with Gasteiger partial charge in [-0.15, -0.1) is 0 Å². The minimum Gasteiger partial charge on any atom is -0.184 e. The van der Waals surface area contributed by atoms with Crippen molar-refractivity contribution >= 4 is 0 Å². The summed E-state index contributed by atoms with van der Waals surface area (Å²) in [5, 5.41) is 0. The fraction of sp³-hybridized carbons (Fsp3) is 0. The molecule has 0 aliphatic carbocycles. The number of hydrogen-bond donors (Lipinski definition) is 0. The first-order valence-corrected chi connectivity index (χ1v) is 5.26. The van der Waals surface area contributed by atoms with Gasteiger partial charge in [-0.05, 0) is 0 Å². The van der Waals surface area contributed by atoms with E-state index in [1.807, 2.05) is 30.3 Å². The van der Waals surface area contributed by atoms with E-state index in [1.54, 1.807) is 0 Å². The SMILES string of the molecule is [F][Zr]([F])[F].[c-]1ccccc1. The average Bonchev–Trinajstić information content (AvgIpc) is 1.90. The van der Waals surface area contributed by atoms with Crippen molar-refractivity contribution in [2.24, 2.45) is 0 Å². The minimum atomic E-state index is -5.04. The van der Waals surface area contributed by atoms with E-state index in [1.165, 1.54) is 0 Å². The molecule has 1 aromatic rings. The Morgan fingerprint density at radius 3 is 1.40 bits per heavy atom. The predicted molar refractivity (Wildman–Crippen MR) is 28.6 cm³/mol. The quantitative estimate of drug-likeness (QED) is 0.596. The second-order valence-electron chi connectivity index (χ2n) is 1.29.